The lowest BCUT2D eigenvalue weighted by atomic mass is 10.2. The second-order valence-corrected chi connectivity index (χ2v) is 5.00. The van der Waals surface area contributed by atoms with Crippen molar-refractivity contribution in [1.82, 2.24) is 5.32 Å². The number of carbonyl (C=O) groups is 2. The van der Waals surface area contributed by atoms with Crippen LogP contribution in [0.5, 0.6) is 5.75 Å². The molecule has 0 bridgehead atoms. The normalized spacial score (nSPS) is 15.3. The third-order valence-electron chi connectivity index (χ3n) is 3.36. The van der Waals surface area contributed by atoms with E-state index >= 15 is 0 Å². The fourth-order valence-electron chi connectivity index (χ4n) is 1.96. The van der Waals surface area contributed by atoms with Crippen molar-refractivity contribution in [3.63, 3.8) is 0 Å². The number of benzene rings is 1. The Labute approximate surface area is 118 Å². The molecule has 1 aromatic rings. The Morgan fingerprint density at radius 3 is 2.50 bits per heavy atom. The molecule has 1 atom stereocenters. The number of ether oxygens (including phenoxy) is 2. The lowest BCUT2D eigenvalue weighted by Gasteiger charge is -2.13. The molecule has 20 heavy (non-hydrogen) atoms. The molecule has 2 rings (SSSR count). The number of rotatable bonds is 6. The van der Waals surface area contributed by atoms with E-state index in [9.17, 15) is 9.59 Å². The molecular weight excluding hydrogens is 258 g/mol. The smallest absolute Gasteiger partial charge is 0.337 e. The Balaban J connectivity index is 1.78. The van der Waals surface area contributed by atoms with Crippen LogP contribution in [0.1, 0.15) is 30.1 Å². The summed E-state index contributed by atoms with van der Waals surface area (Å²) in [6.07, 6.45) is 2.38. The second kappa shape index (κ2) is 6.41. The van der Waals surface area contributed by atoms with Crippen molar-refractivity contribution in [3.05, 3.63) is 29.8 Å². The Bertz CT molecular complexity index is 479. The first-order valence-corrected chi connectivity index (χ1v) is 6.70. The van der Waals surface area contributed by atoms with Crippen molar-refractivity contribution >= 4 is 11.9 Å². The first-order valence-electron chi connectivity index (χ1n) is 6.70. The number of esters is 1. The largest absolute Gasteiger partial charge is 0.484 e. The summed E-state index contributed by atoms with van der Waals surface area (Å²) in [6.45, 7) is 2.00. The molecule has 1 aromatic carbocycles. The molecule has 0 radical (unpaired) electrons. The van der Waals surface area contributed by atoms with Gasteiger partial charge in [0.25, 0.3) is 5.91 Å². The molecule has 1 aliphatic carbocycles. The molecule has 1 fully saturated rings. The third-order valence-corrected chi connectivity index (χ3v) is 3.36. The van der Waals surface area contributed by atoms with Gasteiger partial charge in [0, 0.05) is 6.04 Å². The number of amides is 1. The van der Waals surface area contributed by atoms with E-state index < -0.39 is 5.97 Å². The Hall–Kier alpha value is -2.04. The summed E-state index contributed by atoms with van der Waals surface area (Å²) >= 11 is 0. The van der Waals surface area contributed by atoms with E-state index in [4.69, 9.17) is 4.74 Å². The monoisotopic (exact) mass is 277 g/mol. The van der Waals surface area contributed by atoms with Crippen molar-refractivity contribution in [1.29, 1.82) is 0 Å². The molecule has 108 valence electrons. The topological polar surface area (TPSA) is 64.6 Å². The fourth-order valence-corrected chi connectivity index (χ4v) is 1.96. The van der Waals surface area contributed by atoms with Crippen LogP contribution in [0.15, 0.2) is 24.3 Å². The van der Waals surface area contributed by atoms with Crippen molar-refractivity contribution in [2.45, 2.75) is 25.8 Å². The molecule has 1 N–H and O–H groups in total. The molecule has 0 aliphatic heterocycles. The van der Waals surface area contributed by atoms with E-state index in [0.29, 0.717) is 17.2 Å². The number of hydrogen-bond acceptors (Lipinski definition) is 4. The predicted molar refractivity (Wildman–Crippen MR) is 73.6 cm³/mol. The fraction of sp³-hybridized carbons (Fsp3) is 0.467. The molecule has 1 aliphatic rings. The number of methoxy groups -OCH3 is 1. The Morgan fingerprint density at radius 2 is 1.95 bits per heavy atom. The summed E-state index contributed by atoms with van der Waals surface area (Å²) in [5.74, 6) is 0.652. The highest BCUT2D eigenvalue weighted by molar-refractivity contribution is 5.89. The van der Waals surface area contributed by atoms with E-state index in [0.717, 1.165) is 0 Å². The molecule has 5 heteroatoms. The highest BCUT2D eigenvalue weighted by atomic mass is 16.5. The van der Waals surface area contributed by atoms with Crippen LogP contribution >= 0.6 is 0 Å². The predicted octanol–water partition coefficient (Wildman–Crippen LogP) is 1.77. The van der Waals surface area contributed by atoms with Crippen LogP contribution in [-0.4, -0.2) is 31.6 Å². The molecule has 1 unspecified atom stereocenters. The van der Waals surface area contributed by atoms with Gasteiger partial charge in [-0.15, -0.1) is 0 Å². The highest BCUT2D eigenvalue weighted by Crippen LogP contribution is 2.32. The molecule has 0 spiro atoms. The SMILES string of the molecule is COC(=O)c1ccc(OCC(=O)NC(C)C2CC2)cc1. The van der Waals surface area contributed by atoms with Crippen LogP contribution in [0.4, 0.5) is 0 Å². The molecule has 0 aromatic heterocycles. The van der Waals surface area contributed by atoms with Gasteiger partial charge in [0.2, 0.25) is 0 Å². The summed E-state index contributed by atoms with van der Waals surface area (Å²) < 4.78 is 9.98. The van der Waals surface area contributed by atoms with Gasteiger partial charge < -0.3 is 14.8 Å². The van der Waals surface area contributed by atoms with Crippen LogP contribution in [0.25, 0.3) is 0 Å². The van der Waals surface area contributed by atoms with E-state index in [1.165, 1.54) is 20.0 Å². The minimum atomic E-state index is -0.396. The van der Waals surface area contributed by atoms with Crippen LogP contribution in [0, 0.1) is 5.92 Å². The van der Waals surface area contributed by atoms with Crippen molar-refractivity contribution < 1.29 is 19.1 Å². The summed E-state index contributed by atoms with van der Waals surface area (Å²) in [5.41, 5.74) is 0.451. The van der Waals surface area contributed by atoms with Gasteiger partial charge in [-0.2, -0.15) is 0 Å². The minimum absolute atomic E-state index is 0.0192. The first kappa shape index (κ1) is 14.4. The van der Waals surface area contributed by atoms with Crippen molar-refractivity contribution in [2.24, 2.45) is 5.92 Å². The lowest BCUT2D eigenvalue weighted by Crippen LogP contribution is -2.37. The Morgan fingerprint density at radius 1 is 1.30 bits per heavy atom. The van der Waals surface area contributed by atoms with Gasteiger partial charge >= 0.3 is 5.97 Å². The number of nitrogens with one attached hydrogen (secondary N) is 1. The lowest BCUT2D eigenvalue weighted by molar-refractivity contribution is -0.123. The van der Waals surface area contributed by atoms with E-state index in [1.54, 1.807) is 24.3 Å². The maximum atomic E-state index is 11.7. The van der Waals surface area contributed by atoms with Crippen LogP contribution in [0.2, 0.25) is 0 Å². The quantitative estimate of drug-likeness (QED) is 0.805. The van der Waals surface area contributed by atoms with E-state index in [2.05, 4.69) is 10.1 Å². The van der Waals surface area contributed by atoms with Gasteiger partial charge in [-0.05, 0) is 49.9 Å². The molecule has 0 saturated heterocycles. The van der Waals surface area contributed by atoms with Crippen molar-refractivity contribution in [2.75, 3.05) is 13.7 Å². The summed E-state index contributed by atoms with van der Waals surface area (Å²) in [4.78, 5) is 22.9. The zero-order chi connectivity index (χ0) is 14.5. The summed E-state index contributed by atoms with van der Waals surface area (Å²) in [6, 6.07) is 6.71. The van der Waals surface area contributed by atoms with Crippen LogP contribution < -0.4 is 10.1 Å². The average Bonchev–Trinajstić information content (AvgIpc) is 3.29. The van der Waals surface area contributed by atoms with Gasteiger partial charge in [-0.25, -0.2) is 4.79 Å². The number of carbonyl (C=O) groups excluding carboxylic acids is 2. The maximum Gasteiger partial charge on any atom is 0.337 e. The highest BCUT2D eigenvalue weighted by Gasteiger charge is 2.28. The number of hydrogen-bond donors (Lipinski definition) is 1. The average molecular weight is 277 g/mol. The van der Waals surface area contributed by atoms with E-state index in [1.807, 2.05) is 6.92 Å². The molecule has 0 heterocycles. The third kappa shape index (κ3) is 3.98. The van der Waals surface area contributed by atoms with Crippen molar-refractivity contribution in [3.8, 4) is 5.75 Å². The molecular formula is C15H19NO4. The Kier molecular flexibility index (Phi) is 4.61. The zero-order valence-electron chi connectivity index (χ0n) is 11.7. The first-order chi connectivity index (χ1) is 9.60. The van der Waals surface area contributed by atoms with Gasteiger partial charge in [-0.3, -0.25) is 4.79 Å². The van der Waals surface area contributed by atoms with Gasteiger partial charge in [0.15, 0.2) is 6.61 Å². The molecule has 1 saturated carbocycles. The maximum absolute atomic E-state index is 11.7. The van der Waals surface area contributed by atoms with Crippen LogP contribution in [-0.2, 0) is 9.53 Å². The van der Waals surface area contributed by atoms with E-state index in [-0.39, 0.29) is 18.6 Å². The van der Waals surface area contributed by atoms with Crippen LogP contribution in [0.3, 0.4) is 0 Å². The van der Waals surface area contributed by atoms with Gasteiger partial charge in [-0.1, -0.05) is 0 Å². The van der Waals surface area contributed by atoms with Gasteiger partial charge in [0.1, 0.15) is 5.75 Å². The molecule has 1 amide bonds. The summed E-state index contributed by atoms with van der Waals surface area (Å²) in [7, 11) is 1.33. The second-order valence-electron chi connectivity index (χ2n) is 5.00. The minimum Gasteiger partial charge on any atom is -0.484 e. The summed E-state index contributed by atoms with van der Waals surface area (Å²) in [5, 5.41) is 2.91. The standard InChI is InChI=1S/C15H19NO4/c1-10(11-3-4-11)16-14(17)9-20-13-7-5-12(6-8-13)15(18)19-2/h5-8,10-11H,3-4,9H2,1-2H3,(H,16,17). The van der Waals surface area contributed by atoms with Gasteiger partial charge in [0.05, 0.1) is 12.7 Å². The molecule has 5 nitrogen and oxygen atoms in total. The zero-order valence-corrected chi connectivity index (χ0v) is 11.7.